The highest BCUT2D eigenvalue weighted by Crippen LogP contribution is 2.29. The zero-order chi connectivity index (χ0) is 22.2. The minimum absolute atomic E-state index is 0.0715. The molecule has 1 aliphatic rings. The van der Waals surface area contributed by atoms with E-state index in [-0.39, 0.29) is 5.56 Å². The lowest BCUT2D eigenvalue weighted by atomic mass is 10.2. The molecule has 0 bridgehead atoms. The van der Waals surface area contributed by atoms with Crippen molar-refractivity contribution in [2.45, 2.75) is 6.67 Å². The first-order valence-electron chi connectivity index (χ1n) is 10.7. The number of ether oxygens (including phenoxy) is 2. The van der Waals surface area contributed by atoms with Crippen LogP contribution < -0.4 is 19.9 Å². The predicted molar refractivity (Wildman–Crippen MR) is 126 cm³/mol. The molecule has 32 heavy (non-hydrogen) atoms. The standard InChI is InChI=1S/C24H27N5O3/c1-26-22-9-8-19(32-3)14-20(22)21-15-25-29(24(30)23(21)26)16-27-10-12-28(13-11-27)17-4-6-18(31-2)7-5-17/h4-9,14-15H,10-13,16H2,1-3H3. The van der Waals surface area contributed by atoms with Gasteiger partial charge in [0.15, 0.2) is 0 Å². The van der Waals surface area contributed by atoms with Crippen LogP contribution in [0.2, 0.25) is 0 Å². The van der Waals surface area contributed by atoms with Gasteiger partial charge in [0.1, 0.15) is 17.0 Å². The van der Waals surface area contributed by atoms with Gasteiger partial charge in [0.2, 0.25) is 0 Å². The van der Waals surface area contributed by atoms with Crippen LogP contribution in [0.25, 0.3) is 21.8 Å². The molecule has 2 aromatic carbocycles. The van der Waals surface area contributed by atoms with Crippen molar-refractivity contribution in [1.29, 1.82) is 0 Å². The van der Waals surface area contributed by atoms with Crippen LogP contribution in [0.3, 0.4) is 0 Å². The SMILES string of the molecule is COc1ccc(N2CCN(Cn3ncc4c5cc(OC)ccc5n(C)c4c3=O)CC2)cc1. The van der Waals surface area contributed by atoms with Crippen LogP contribution >= 0.6 is 0 Å². The van der Waals surface area contributed by atoms with E-state index in [1.165, 1.54) is 5.69 Å². The maximum atomic E-state index is 13.3. The molecule has 0 N–H and O–H groups in total. The van der Waals surface area contributed by atoms with Crippen LogP contribution in [-0.2, 0) is 13.7 Å². The predicted octanol–water partition coefficient (Wildman–Crippen LogP) is 2.69. The molecule has 0 atom stereocenters. The van der Waals surface area contributed by atoms with Crippen molar-refractivity contribution in [2.75, 3.05) is 45.3 Å². The molecule has 0 aliphatic carbocycles. The highest BCUT2D eigenvalue weighted by molar-refractivity contribution is 6.07. The van der Waals surface area contributed by atoms with Crippen LogP contribution in [0.5, 0.6) is 11.5 Å². The van der Waals surface area contributed by atoms with Gasteiger partial charge in [-0.15, -0.1) is 0 Å². The summed E-state index contributed by atoms with van der Waals surface area (Å²) in [7, 11) is 5.25. The molecule has 1 fully saturated rings. The monoisotopic (exact) mass is 433 g/mol. The van der Waals surface area contributed by atoms with Crippen molar-refractivity contribution in [3.05, 3.63) is 59.0 Å². The molecule has 4 aromatic rings. The van der Waals surface area contributed by atoms with Gasteiger partial charge < -0.3 is 18.9 Å². The molecule has 1 saturated heterocycles. The molecule has 0 spiro atoms. The Morgan fingerprint density at radius 2 is 1.59 bits per heavy atom. The molecule has 3 heterocycles. The first kappa shape index (κ1) is 20.4. The summed E-state index contributed by atoms with van der Waals surface area (Å²) >= 11 is 0. The number of aryl methyl sites for hydroxylation is 1. The van der Waals surface area contributed by atoms with Gasteiger partial charge in [-0.1, -0.05) is 0 Å². The topological polar surface area (TPSA) is 64.8 Å². The molecule has 1 aliphatic heterocycles. The number of hydrogen-bond acceptors (Lipinski definition) is 6. The molecular formula is C24H27N5O3. The lowest BCUT2D eigenvalue weighted by molar-refractivity contribution is 0.192. The Kier molecular flexibility index (Phi) is 5.22. The van der Waals surface area contributed by atoms with Crippen molar-refractivity contribution in [1.82, 2.24) is 19.2 Å². The van der Waals surface area contributed by atoms with Gasteiger partial charge in [0.05, 0.1) is 27.1 Å². The summed E-state index contributed by atoms with van der Waals surface area (Å²) in [5, 5.41) is 6.33. The van der Waals surface area contributed by atoms with E-state index in [1.54, 1.807) is 25.1 Å². The van der Waals surface area contributed by atoms with Gasteiger partial charge in [0.25, 0.3) is 5.56 Å². The molecule has 8 nitrogen and oxygen atoms in total. The summed E-state index contributed by atoms with van der Waals surface area (Å²) < 4.78 is 14.1. The lowest BCUT2D eigenvalue weighted by Crippen LogP contribution is -2.48. The van der Waals surface area contributed by atoms with Crippen LogP contribution in [0.15, 0.2) is 53.5 Å². The molecule has 0 amide bonds. The minimum atomic E-state index is -0.0715. The summed E-state index contributed by atoms with van der Waals surface area (Å²) in [5.74, 6) is 1.63. The number of benzene rings is 2. The number of piperazine rings is 1. The second-order valence-corrected chi connectivity index (χ2v) is 8.10. The van der Waals surface area contributed by atoms with Gasteiger partial charge in [-0.3, -0.25) is 9.69 Å². The van der Waals surface area contributed by atoms with Gasteiger partial charge in [-0.2, -0.15) is 5.10 Å². The zero-order valence-corrected chi connectivity index (χ0v) is 18.6. The fourth-order valence-corrected chi connectivity index (χ4v) is 4.50. The Bertz CT molecular complexity index is 1320. The maximum absolute atomic E-state index is 13.3. The summed E-state index contributed by atoms with van der Waals surface area (Å²) in [5.41, 5.74) is 2.77. The Morgan fingerprint density at radius 3 is 2.28 bits per heavy atom. The number of fused-ring (bicyclic) bond motifs is 3. The Hall–Kier alpha value is -3.52. The van der Waals surface area contributed by atoms with Crippen LogP contribution in [0.1, 0.15) is 0 Å². The first-order valence-corrected chi connectivity index (χ1v) is 10.7. The average molecular weight is 434 g/mol. The van der Waals surface area contributed by atoms with Gasteiger partial charge in [-0.05, 0) is 42.5 Å². The van der Waals surface area contributed by atoms with Gasteiger partial charge >= 0.3 is 0 Å². The quantitative estimate of drug-likeness (QED) is 0.482. The summed E-state index contributed by atoms with van der Waals surface area (Å²) in [6.07, 6.45) is 1.80. The van der Waals surface area contributed by atoms with Crippen LogP contribution in [0, 0.1) is 0 Å². The van der Waals surface area contributed by atoms with E-state index in [4.69, 9.17) is 9.47 Å². The molecule has 0 radical (unpaired) electrons. The van der Waals surface area contributed by atoms with Crippen molar-refractivity contribution in [3.63, 3.8) is 0 Å². The first-order chi connectivity index (χ1) is 15.6. The van der Waals surface area contributed by atoms with E-state index in [0.717, 1.165) is 54.0 Å². The Morgan fingerprint density at radius 1 is 0.906 bits per heavy atom. The van der Waals surface area contributed by atoms with E-state index >= 15 is 0 Å². The van der Waals surface area contributed by atoms with Crippen molar-refractivity contribution >= 4 is 27.5 Å². The highest BCUT2D eigenvalue weighted by atomic mass is 16.5. The molecule has 166 valence electrons. The fourth-order valence-electron chi connectivity index (χ4n) is 4.50. The molecule has 0 saturated carbocycles. The molecular weight excluding hydrogens is 406 g/mol. The second kappa shape index (κ2) is 8.20. The Balaban J connectivity index is 1.35. The van der Waals surface area contributed by atoms with E-state index in [9.17, 15) is 4.79 Å². The van der Waals surface area contributed by atoms with Crippen LogP contribution in [0.4, 0.5) is 5.69 Å². The molecule has 0 unspecified atom stereocenters. The minimum Gasteiger partial charge on any atom is -0.497 e. The third-order valence-electron chi connectivity index (χ3n) is 6.35. The van der Waals surface area contributed by atoms with Gasteiger partial charge in [-0.25, -0.2) is 4.68 Å². The van der Waals surface area contributed by atoms with E-state index in [2.05, 4.69) is 27.0 Å². The van der Waals surface area contributed by atoms with Crippen molar-refractivity contribution in [3.8, 4) is 11.5 Å². The van der Waals surface area contributed by atoms with E-state index in [1.807, 2.05) is 41.9 Å². The third-order valence-corrected chi connectivity index (χ3v) is 6.35. The van der Waals surface area contributed by atoms with Gasteiger partial charge in [0, 0.05) is 55.2 Å². The Labute approximate surface area is 186 Å². The number of anilines is 1. The number of hydrogen-bond donors (Lipinski definition) is 0. The van der Waals surface area contributed by atoms with E-state index in [0.29, 0.717) is 12.2 Å². The summed E-state index contributed by atoms with van der Waals surface area (Å²) in [6.45, 7) is 4.01. The summed E-state index contributed by atoms with van der Waals surface area (Å²) in [4.78, 5) is 17.9. The average Bonchev–Trinajstić information content (AvgIpc) is 3.13. The van der Waals surface area contributed by atoms with E-state index < -0.39 is 0 Å². The summed E-state index contributed by atoms with van der Waals surface area (Å²) in [6, 6.07) is 14.0. The van der Waals surface area contributed by atoms with Crippen molar-refractivity contribution < 1.29 is 9.47 Å². The number of aromatic nitrogens is 3. The number of nitrogens with zero attached hydrogens (tertiary/aromatic N) is 5. The van der Waals surface area contributed by atoms with Crippen molar-refractivity contribution in [2.24, 2.45) is 7.05 Å². The zero-order valence-electron chi connectivity index (χ0n) is 18.6. The second-order valence-electron chi connectivity index (χ2n) is 8.10. The normalized spacial score (nSPS) is 14.9. The third kappa shape index (κ3) is 3.46. The van der Waals surface area contributed by atoms with Crippen LogP contribution in [-0.4, -0.2) is 59.6 Å². The highest BCUT2D eigenvalue weighted by Gasteiger charge is 2.20. The fraction of sp³-hybridized carbons (Fsp3) is 0.333. The smallest absolute Gasteiger partial charge is 0.292 e. The number of methoxy groups -OCH3 is 2. The molecule has 5 rings (SSSR count). The largest absolute Gasteiger partial charge is 0.497 e. The lowest BCUT2D eigenvalue weighted by Gasteiger charge is -2.36. The molecule has 2 aromatic heterocycles. The maximum Gasteiger partial charge on any atom is 0.292 e. The molecule has 8 heteroatoms. The number of rotatable bonds is 5.